The summed E-state index contributed by atoms with van der Waals surface area (Å²) in [6.45, 7) is 2.69. The third-order valence-corrected chi connectivity index (χ3v) is 6.35. The van der Waals surface area contributed by atoms with Crippen molar-refractivity contribution in [2.24, 2.45) is 0 Å². The Morgan fingerprint density at radius 2 is 1.96 bits per heavy atom. The van der Waals surface area contributed by atoms with Gasteiger partial charge in [0, 0.05) is 23.4 Å². The Morgan fingerprint density at radius 1 is 1.24 bits per heavy atom. The molecule has 1 aliphatic heterocycles. The lowest BCUT2D eigenvalue weighted by Gasteiger charge is -2.45. The van der Waals surface area contributed by atoms with Crippen LogP contribution in [-0.4, -0.2) is 31.9 Å². The highest BCUT2D eigenvalue weighted by Gasteiger charge is 2.45. The molecule has 0 N–H and O–H groups in total. The standard InChI is InChI=1S/C20H22ClNO2S/c1-20(15-8-3-5-10-17(15)24-13-7-12-21)19(14-23)22(2)16-9-4-6-11-18(16)25-20/h3-6,8-11,14,19H,7,12-13H2,1-2H3. The van der Waals surface area contributed by atoms with Gasteiger partial charge in [-0.25, -0.2) is 0 Å². The number of aldehydes is 1. The highest BCUT2D eigenvalue weighted by Crippen LogP contribution is 2.54. The molecule has 1 heterocycles. The second-order valence-electron chi connectivity index (χ2n) is 6.26. The van der Waals surface area contributed by atoms with Gasteiger partial charge in [0.15, 0.2) is 0 Å². The van der Waals surface area contributed by atoms with Gasteiger partial charge < -0.3 is 14.4 Å². The molecule has 0 saturated heterocycles. The van der Waals surface area contributed by atoms with Gasteiger partial charge in [-0.1, -0.05) is 30.3 Å². The SMILES string of the molecule is CN1c2ccccc2SC(C)(c2ccccc2OCCCCl)C1C=O. The number of alkyl halides is 1. The molecule has 2 atom stereocenters. The van der Waals surface area contributed by atoms with E-state index in [0.717, 1.165) is 29.7 Å². The van der Waals surface area contributed by atoms with E-state index in [1.54, 1.807) is 11.8 Å². The zero-order valence-electron chi connectivity index (χ0n) is 14.4. The second kappa shape index (κ2) is 7.71. The van der Waals surface area contributed by atoms with Crippen LogP contribution < -0.4 is 9.64 Å². The quantitative estimate of drug-likeness (QED) is 0.415. The Bertz CT molecular complexity index is 754. The first-order valence-corrected chi connectivity index (χ1v) is 9.71. The molecule has 5 heteroatoms. The lowest BCUT2D eigenvalue weighted by molar-refractivity contribution is -0.109. The lowest BCUT2D eigenvalue weighted by Crippen LogP contribution is -2.49. The summed E-state index contributed by atoms with van der Waals surface area (Å²) in [5.74, 6) is 1.39. The van der Waals surface area contributed by atoms with Gasteiger partial charge in [0.25, 0.3) is 0 Å². The summed E-state index contributed by atoms with van der Waals surface area (Å²) in [5.41, 5.74) is 2.12. The molecule has 0 aromatic heterocycles. The molecular weight excluding hydrogens is 354 g/mol. The van der Waals surface area contributed by atoms with Crippen LogP contribution in [0.4, 0.5) is 5.69 Å². The molecular formula is C20H22ClNO2S. The Kier molecular flexibility index (Phi) is 5.60. The molecule has 0 radical (unpaired) electrons. The van der Waals surface area contributed by atoms with E-state index in [9.17, 15) is 4.79 Å². The predicted molar refractivity (Wildman–Crippen MR) is 105 cm³/mol. The summed E-state index contributed by atoms with van der Waals surface area (Å²) >= 11 is 7.49. The molecule has 3 nitrogen and oxygen atoms in total. The van der Waals surface area contributed by atoms with Crippen LogP contribution in [0.1, 0.15) is 18.9 Å². The zero-order chi connectivity index (χ0) is 17.9. The van der Waals surface area contributed by atoms with Crippen LogP contribution in [0.25, 0.3) is 0 Å². The van der Waals surface area contributed by atoms with Crippen molar-refractivity contribution < 1.29 is 9.53 Å². The van der Waals surface area contributed by atoms with Crippen LogP contribution in [0.3, 0.4) is 0 Å². The number of para-hydroxylation sites is 2. The maximum absolute atomic E-state index is 12.0. The van der Waals surface area contributed by atoms with Gasteiger partial charge in [0.1, 0.15) is 18.1 Å². The maximum atomic E-state index is 12.0. The monoisotopic (exact) mass is 375 g/mol. The molecule has 0 saturated carbocycles. The van der Waals surface area contributed by atoms with E-state index < -0.39 is 4.75 Å². The molecule has 3 rings (SSSR count). The first kappa shape index (κ1) is 18.2. The summed E-state index contributed by atoms with van der Waals surface area (Å²) in [5, 5.41) is 0. The normalized spacial score (nSPS) is 22.4. The van der Waals surface area contributed by atoms with Crippen LogP contribution in [0, 0.1) is 0 Å². The highest BCUT2D eigenvalue weighted by molar-refractivity contribution is 8.00. The number of fused-ring (bicyclic) bond motifs is 1. The summed E-state index contributed by atoms with van der Waals surface area (Å²) in [4.78, 5) is 15.3. The molecule has 2 unspecified atom stereocenters. The molecule has 0 spiro atoms. The fraction of sp³-hybridized carbons (Fsp3) is 0.350. The number of rotatable bonds is 6. The number of likely N-dealkylation sites (N-methyl/N-ethyl adjacent to an activating group) is 1. The lowest BCUT2D eigenvalue weighted by atomic mass is 9.90. The van der Waals surface area contributed by atoms with Crippen LogP contribution in [0.15, 0.2) is 53.4 Å². The first-order valence-electron chi connectivity index (χ1n) is 8.36. The highest BCUT2D eigenvalue weighted by atomic mass is 35.5. The number of carbonyl (C=O) groups excluding carboxylic acids is 1. The molecule has 0 bridgehead atoms. The minimum absolute atomic E-state index is 0.287. The van der Waals surface area contributed by atoms with Crippen molar-refractivity contribution in [3.8, 4) is 5.75 Å². The summed E-state index contributed by atoms with van der Waals surface area (Å²) in [7, 11) is 1.98. The zero-order valence-corrected chi connectivity index (χ0v) is 16.0. The van der Waals surface area contributed by atoms with E-state index in [4.69, 9.17) is 16.3 Å². The number of nitrogens with zero attached hydrogens (tertiary/aromatic N) is 1. The largest absolute Gasteiger partial charge is 0.493 e. The van der Waals surface area contributed by atoms with Gasteiger partial charge in [0.05, 0.1) is 17.0 Å². The fourth-order valence-electron chi connectivity index (χ4n) is 3.32. The number of hydrogen-bond acceptors (Lipinski definition) is 4. The molecule has 0 aliphatic carbocycles. The van der Waals surface area contributed by atoms with Crippen molar-refractivity contribution >= 4 is 35.3 Å². The maximum Gasteiger partial charge on any atom is 0.144 e. The van der Waals surface area contributed by atoms with Gasteiger partial charge in [0.2, 0.25) is 0 Å². The summed E-state index contributed by atoms with van der Waals surface area (Å²) in [6, 6.07) is 15.9. The van der Waals surface area contributed by atoms with E-state index in [0.29, 0.717) is 12.5 Å². The van der Waals surface area contributed by atoms with Crippen molar-refractivity contribution in [3.63, 3.8) is 0 Å². The van der Waals surface area contributed by atoms with E-state index in [-0.39, 0.29) is 6.04 Å². The smallest absolute Gasteiger partial charge is 0.144 e. The van der Waals surface area contributed by atoms with E-state index in [2.05, 4.69) is 30.0 Å². The van der Waals surface area contributed by atoms with Crippen LogP contribution in [0.2, 0.25) is 0 Å². The van der Waals surface area contributed by atoms with Crippen molar-refractivity contribution in [2.45, 2.75) is 29.0 Å². The van der Waals surface area contributed by atoms with Gasteiger partial charge >= 0.3 is 0 Å². The number of anilines is 1. The van der Waals surface area contributed by atoms with Crippen LogP contribution in [0.5, 0.6) is 5.75 Å². The van der Waals surface area contributed by atoms with E-state index in [1.165, 1.54) is 4.90 Å². The number of thioether (sulfide) groups is 1. The third kappa shape index (κ3) is 3.38. The molecule has 0 amide bonds. The minimum Gasteiger partial charge on any atom is -0.493 e. The summed E-state index contributed by atoms with van der Waals surface area (Å²) in [6.07, 6.45) is 1.83. The van der Waals surface area contributed by atoms with E-state index in [1.807, 2.05) is 37.4 Å². The van der Waals surface area contributed by atoms with Crippen molar-refractivity contribution in [1.82, 2.24) is 0 Å². The molecule has 2 aromatic carbocycles. The Labute approximate surface area is 158 Å². The number of hydrogen-bond donors (Lipinski definition) is 0. The van der Waals surface area contributed by atoms with Crippen molar-refractivity contribution in [1.29, 1.82) is 0 Å². The third-order valence-electron chi connectivity index (χ3n) is 4.64. The topological polar surface area (TPSA) is 29.5 Å². The van der Waals surface area contributed by atoms with Crippen LogP contribution in [-0.2, 0) is 9.54 Å². The Balaban J connectivity index is 2.04. The van der Waals surface area contributed by atoms with Crippen LogP contribution >= 0.6 is 23.4 Å². The predicted octanol–water partition coefficient (Wildman–Crippen LogP) is 4.72. The van der Waals surface area contributed by atoms with Gasteiger partial charge in [-0.2, -0.15) is 0 Å². The number of ether oxygens (including phenoxy) is 1. The molecule has 25 heavy (non-hydrogen) atoms. The molecule has 2 aromatic rings. The molecule has 0 fully saturated rings. The van der Waals surface area contributed by atoms with Gasteiger partial charge in [-0.3, -0.25) is 0 Å². The Hall–Kier alpha value is -1.65. The Morgan fingerprint density at radius 3 is 2.72 bits per heavy atom. The number of benzene rings is 2. The van der Waals surface area contributed by atoms with E-state index >= 15 is 0 Å². The van der Waals surface area contributed by atoms with Gasteiger partial charge in [-0.05, 0) is 31.5 Å². The van der Waals surface area contributed by atoms with Crippen molar-refractivity contribution in [2.75, 3.05) is 24.4 Å². The summed E-state index contributed by atoms with van der Waals surface area (Å²) < 4.78 is 5.54. The number of halogens is 1. The van der Waals surface area contributed by atoms with Crippen molar-refractivity contribution in [3.05, 3.63) is 54.1 Å². The van der Waals surface area contributed by atoms with Gasteiger partial charge in [-0.15, -0.1) is 23.4 Å². The average molecular weight is 376 g/mol. The second-order valence-corrected chi connectivity index (χ2v) is 8.13. The minimum atomic E-state index is -0.442. The fourth-order valence-corrected chi connectivity index (χ4v) is 4.96. The average Bonchev–Trinajstić information content (AvgIpc) is 2.63. The molecule has 1 aliphatic rings. The first-order chi connectivity index (χ1) is 12.1. The molecule has 132 valence electrons. The number of carbonyl (C=O) groups is 1.